The summed E-state index contributed by atoms with van der Waals surface area (Å²) >= 11 is 0. The molecule has 0 aromatic carbocycles. The van der Waals surface area contributed by atoms with E-state index in [0.717, 1.165) is 12.4 Å². The maximum absolute atomic E-state index is 11.5. The molecule has 0 spiro atoms. The topological polar surface area (TPSA) is 70.6 Å². The number of sulfone groups is 1. The van der Waals surface area contributed by atoms with Gasteiger partial charge in [-0.25, -0.2) is 8.42 Å². The van der Waals surface area contributed by atoms with Gasteiger partial charge in [-0.1, -0.05) is 12.8 Å². The monoisotopic (exact) mass is 443 g/mol. The lowest BCUT2D eigenvalue weighted by Gasteiger charge is -2.26. The van der Waals surface area contributed by atoms with Crippen molar-refractivity contribution in [1.29, 1.82) is 0 Å². The number of aliphatic imine (C=N–C) groups is 1. The lowest BCUT2D eigenvalue weighted by Crippen LogP contribution is -2.50. The Kier molecular flexibility index (Phi) is 7.42. The van der Waals surface area contributed by atoms with Gasteiger partial charge in [0.25, 0.3) is 0 Å². The van der Waals surface area contributed by atoms with Crippen LogP contribution in [0.3, 0.4) is 0 Å². The summed E-state index contributed by atoms with van der Waals surface area (Å²) in [6, 6.07) is 0.505. The second kappa shape index (κ2) is 8.17. The van der Waals surface area contributed by atoms with E-state index in [0.29, 0.717) is 24.1 Å². The zero-order valence-corrected chi connectivity index (χ0v) is 17.0. The minimum Gasteiger partial charge on any atom is -0.354 e. The van der Waals surface area contributed by atoms with Crippen LogP contribution >= 0.6 is 24.0 Å². The minimum atomic E-state index is -2.81. The first kappa shape index (κ1) is 20.0. The molecular weight excluding hydrogens is 413 g/mol. The molecule has 0 radical (unpaired) electrons. The largest absolute Gasteiger partial charge is 0.354 e. The van der Waals surface area contributed by atoms with Crippen LogP contribution in [0.4, 0.5) is 0 Å². The molecule has 1 aliphatic heterocycles. The van der Waals surface area contributed by atoms with Crippen LogP contribution in [-0.4, -0.2) is 44.0 Å². The summed E-state index contributed by atoms with van der Waals surface area (Å²) in [7, 11) is -2.81. The highest BCUT2D eigenvalue weighted by Crippen LogP contribution is 2.19. The average molecular weight is 443 g/mol. The summed E-state index contributed by atoms with van der Waals surface area (Å²) in [6.07, 6.45) is 5.70. The van der Waals surface area contributed by atoms with Gasteiger partial charge in [-0.3, -0.25) is 4.99 Å². The van der Waals surface area contributed by atoms with Gasteiger partial charge in [0.2, 0.25) is 0 Å². The zero-order valence-electron chi connectivity index (χ0n) is 13.9. The van der Waals surface area contributed by atoms with Crippen molar-refractivity contribution in [3.8, 4) is 0 Å². The molecule has 1 saturated carbocycles. The van der Waals surface area contributed by atoms with E-state index in [2.05, 4.69) is 36.4 Å². The van der Waals surface area contributed by atoms with E-state index in [9.17, 15) is 8.42 Å². The van der Waals surface area contributed by atoms with Gasteiger partial charge in [0.15, 0.2) is 15.8 Å². The van der Waals surface area contributed by atoms with Gasteiger partial charge >= 0.3 is 0 Å². The van der Waals surface area contributed by atoms with Gasteiger partial charge in [0, 0.05) is 18.1 Å². The van der Waals surface area contributed by atoms with Gasteiger partial charge in [-0.15, -0.1) is 24.0 Å². The second-order valence-corrected chi connectivity index (χ2v) is 9.69. The summed E-state index contributed by atoms with van der Waals surface area (Å²) < 4.78 is 23.0. The predicted molar refractivity (Wildman–Crippen MR) is 103 cm³/mol. The Morgan fingerprint density at radius 2 is 1.82 bits per heavy atom. The Balaban J connectivity index is 0.00000242. The van der Waals surface area contributed by atoms with Gasteiger partial charge in [0.05, 0.1) is 11.5 Å². The maximum atomic E-state index is 11.5. The number of guanidine groups is 1. The van der Waals surface area contributed by atoms with Crippen molar-refractivity contribution in [2.45, 2.75) is 64.5 Å². The quantitative estimate of drug-likeness (QED) is 0.399. The van der Waals surface area contributed by atoms with Gasteiger partial charge in [0.1, 0.15) is 0 Å². The molecule has 0 aromatic heterocycles. The average Bonchev–Trinajstić information content (AvgIpc) is 2.94. The van der Waals surface area contributed by atoms with Gasteiger partial charge in [-0.05, 0) is 46.0 Å². The molecule has 0 amide bonds. The number of rotatable bonds is 3. The molecule has 22 heavy (non-hydrogen) atoms. The fourth-order valence-electron chi connectivity index (χ4n) is 2.98. The molecule has 2 aliphatic rings. The molecule has 2 rings (SSSR count). The molecule has 5 nitrogen and oxygen atoms in total. The highest BCUT2D eigenvalue weighted by atomic mass is 127. The Morgan fingerprint density at radius 3 is 2.32 bits per heavy atom. The molecule has 1 aliphatic carbocycles. The van der Waals surface area contributed by atoms with Crippen molar-refractivity contribution in [1.82, 2.24) is 10.6 Å². The lowest BCUT2D eigenvalue weighted by molar-refractivity contribution is 0.487. The normalized spacial score (nSPS) is 25.8. The van der Waals surface area contributed by atoms with E-state index < -0.39 is 9.84 Å². The molecule has 130 valence electrons. The van der Waals surface area contributed by atoms with Gasteiger partial charge in [-0.2, -0.15) is 0 Å². The third kappa shape index (κ3) is 7.02. The molecule has 1 atom stereocenters. The molecule has 7 heteroatoms. The molecule has 2 N–H and O–H groups in total. The zero-order chi connectivity index (χ0) is 15.5. The van der Waals surface area contributed by atoms with Crippen LogP contribution in [0.25, 0.3) is 0 Å². The second-order valence-electron chi connectivity index (χ2n) is 7.46. The SMILES string of the molecule is CC(C)(C)NC(=NCC1CCS(=O)(=O)C1)NC1CCCC1.I. The summed E-state index contributed by atoms with van der Waals surface area (Å²) in [5, 5.41) is 6.92. The van der Waals surface area contributed by atoms with Crippen molar-refractivity contribution in [3.05, 3.63) is 0 Å². The van der Waals surface area contributed by atoms with E-state index in [1.807, 2.05) is 0 Å². The number of hydrogen-bond donors (Lipinski definition) is 2. The number of nitrogens with one attached hydrogen (secondary N) is 2. The van der Waals surface area contributed by atoms with Crippen molar-refractivity contribution in [2.24, 2.45) is 10.9 Å². The first-order chi connectivity index (χ1) is 9.73. The number of halogens is 1. The van der Waals surface area contributed by atoms with Crippen LogP contribution in [0, 0.1) is 5.92 Å². The van der Waals surface area contributed by atoms with Crippen LogP contribution in [0.5, 0.6) is 0 Å². The summed E-state index contributed by atoms with van der Waals surface area (Å²) in [4.78, 5) is 4.65. The molecule has 1 saturated heterocycles. The van der Waals surface area contributed by atoms with E-state index in [1.54, 1.807) is 0 Å². The molecule has 0 aromatic rings. The van der Waals surface area contributed by atoms with E-state index in [-0.39, 0.29) is 35.4 Å². The van der Waals surface area contributed by atoms with Crippen LogP contribution in [0.1, 0.15) is 52.9 Å². The fraction of sp³-hybridized carbons (Fsp3) is 0.933. The van der Waals surface area contributed by atoms with Crippen molar-refractivity contribution >= 4 is 39.8 Å². The summed E-state index contributed by atoms with van der Waals surface area (Å²) in [5.74, 6) is 1.63. The Labute approximate surface area is 152 Å². The standard InChI is InChI=1S/C15H29N3O2S.HI/c1-15(2,3)18-14(17-13-6-4-5-7-13)16-10-12-8-9-21(19,20)11-12;/h12-13H,4-11H2,1-3H3,(H2,16,17,18);1H. The number of hydrogen-bond acceptors (Lipinski definition) is 3. The summed E-state index contributed by atoms with van der Waals surface area (Å²) in [6.45, 7) is 6.92. The lowest BCUT2D eigenvalue weighted by atomic mass is 10.1. The van der Waals surface area contributed by atoms with E-state index in [1.165, 1.54) is 25.7 Å². The third-order valence-electron chi connectivity index (χ3n) is 4.02. The van der Waals surface area contributed by atoms with Crippen molar-refractivity contribution < 1.29 is 8.42 Å². The first-order valence-corrected chi connectivity index (χ1v) is 9.85. The molecule has 0 bridgehead atoms. The van der Waals surface area contributed by atoms with Crippen molar-refractivity contribution in [3.63, 3.8) is 0 Å². The first-order valence-electron chi connectivity index (χ1n) is 8.03. The third-order valence-corrected chi connectivity index (χ3v) is 5.86. The van der Waals surface area contributed by atoms with Crippen molar-refractivity contribution in [2.75, 3.05) is 18.1 Å². The Hall–Kier alpha value is -0.0500. The van der Waals surface area contributed by atoms with Crippen LogP contribution in [0.2, 0.25) is 0 Å². The molecular formula is C15H30IN3O2S. The van der Waals surface area contributed by atoms with Crippen LogP contribution in [0.15, 0.2) is 4.99 Å². The van der Waals surface area contributed by atoms with Gasteiger partial charge < -0.3 is 10.6 Å². The predicted octanol–water partition coefficient (Wildman–Crippen LogP) is 2.32. The minimum absolute atomic E-state index is 0. The maximum Gasteiger partial charge on any atom is 0.191 e. The molecule has 2 fully saturated rings. The Morgan fingerprint density at radius 1 is 1.18 bits per heavy atom. The van der Waals surface area contributed by atoms with Crippen LogP contribution in [-0.2, 0) is 9.84 Å². The highest BCUT2D eigenvalue weighted by Gasteiger charge is 2.28. The summed E-state index contributed by atoms with van der Waals surface area (Å²) in [5.41, 5.74) is -0.0494. The van der Waals surface area contributed by atoms with E-state index in [4.69, 9.17) is 0 Å². The van der Waals surface area contributed by atoms with Crippen LogP contribution < -0.4 is 10.6 Å². The fourth-order valence-corrected chi connectivity index (χ4v) is 4.83. The molecule has 1 heterocycles. The smallest absolute Gasteiger partial charge is 0.191 e. The molecule has 1 unspecified atom stereocenters. The Bertz CT molecular complexity index is 480. The van der Waals surface area contributed by atoms with E-state index >= 15 is 0 Å². The highest BCUT2D eigenvalue weighted by molar-refractivity contribution is 14.0. The number of nitrogens with zero attached hydrogens (tertiary/aromatic N) is 1.